The molecule has 1 fully saturated rings. The van der Waals surface area contributed by atoms with Gasteiger partial charge in [-0.05, 0) is 17.2 Å². The first-order chi connectivity index (χ1) is 18.8. The minimum absolute atomic E-state index is 0.0382. The average Bonchev–Trinajstić information content (AvgIpc) is 2.93. The van der Waals surface area contributed by atoms with Gasteiger partial charge in [0.2, 0.25) is 12.3 Å². The lowest BCUT2D eigenvalue weighted by Gasteiger charge is -2.47. The molecule has 4 amide bonds. The summed E-state index contributed by atoms with van der Waals surface area (Å²) < 4.78 is 0. The number of nitrogens with zero attached hydrogens (tertiary/aromatic N) is 5. The van der Waals surface area contributed by atoms with Crippen molar-refractivity contribution in [3.8, 4) is 0 Å². The fraction of sp³-hybridized carbons (Fsp3) is 0.333. The number of hydrazine groups is 2. The van der Waals surface area contributed by atoms with Gasteiger partial charge in [0.05, 0.1) is 24.5 Å². The Morgan fingerprint density at radius 3 is 2.54 bits per heavy atom. The molecule has 0 aliphatic carbocycles. The van der Waals surface area contributed by atoms with Crippen LogP contribution < -0.4 is 21.9 Å². The van der Waals surface area contributed by atoms with Crippen molar-refractivity contribution in [1.82, 2.24) is 25.1 Å². The monoisotopic (exact) mass is 536 g/mol. The largest absolute Gasteiger partial charge is 0.397 e. The third-order valence-corrected chi connectivity index (χ3v) is 6.43. The summed E-state index contributed by atoms with van der Waals surface area (Å²) in [6.07, 6.45) is 2.12. The lowest BCUT2D eigenvalue weighted by Crippen LogP contribution is -2.67. The van der Waals surface area contributed by atoms with Crippen LogP contribution in [0.2, 0.25) is 0 Å². The second-order valence-corrected chi connectivity index (χ2v) is 8.99. The number of carbonyl (C=O) groups is 4. The first-order valence-corrected chi connectivity index (χ1v) is 12.6. The van der Waals surface area contributed by atoms with Crippen LogP contribution in [0.25, 0.3) is 0 Å². The molecule has 12 nitrogen and oxygen atoms in total. The summed E-state index contributed by atoms with van der Waals surface area (Å²) in [6, 6.07) is 14.2. The van der Waals surface area contributed by atoms with E-state index in [4.69, 9.17) is 11.6 Å². The lowest BCUT2D eigenvalue weighted by molar-refractivity contribution is -0.157. The summed E-state index contributed by atoms with van der Waals surface area (Å²) in [4.78, 5) is 52.7. The molecule has 39 heavy (non-hydrogen) atoms. The van der Waals surface area contributed by atoms with E-state index in [1.54, 1.807) is 34.2 Å². The van der Waals surface area contributed by atoms with Gasteiger partial charge in [-0.25, -0.2) is 20.7 Å². The third-order valence-electron chi connectivity index (χ3n) is 6.43. The number of anilines is 2. The van der Waals surface area contributed by atoms with Crippen LogP contribution in [0.1, 0.15) is 18.1 Å². The third kappa shape index (κ3) is 7.12. The van der Waals surface area contributed by atoms with Crippen LogP contribution in [-0.4, -0.2) is 83.3 Å². The van der Waals surface area contributed by atoms with E-state index in [1.165, 1.54) is 14.9 Å². The van der Waals surface area contributed by atoms with Crippen LogP contribution >= 0.6 is 0 Å². The van der Waals surface area contributed by atoms with Gasteiger partial charge >= 0.3 is 6.03 Å². The number of urea groups is 1. The van der Waals surface area contributed by atoms with Gasteiger partial charge < -0.3 is 30.7 Å². The number of amides is 4. The predicted molar refractivity (Wildman–Crippen MR) is 148 cm³/mol. The fourth-order valence-electron chi connectivity index (χ4n) is 4.53. The summed E-state index contributed by atoms with van der Waals surface area (Å²) in [5, 5.41) is 7.39. The van der Waals surface area contributed by atoms with Crippen molar-refractivity contribution < 1.29 is 19.2 Å². The van der Waals surface area contributed by atoms with Crippen molar-refractivity contribution in [3.05, 3.63) is 72.3 Å². The summed E-state index contributed by atoms with van der Waals surface area (Å²) in [7, 11) is 0. The Morgan fingerprint density at radius 1 is 1.15 bits per heavy atom. The Labute approximate surface area is 228 Å². The molecule has 0 aromatic heterocycles. The van der Waals surface area contributed by atoms with Crippen molar-refractivity contribution in [1.29, 1.82) is 0 Å². The molecule has 0 spiro atoms. The number of nitrogens with two attached hydrogens (primary N) is 2. The Hall–Kier alpha value is -4.42. The number of hydrogen-bond acceptors (Lipinski definition) is 8. The molecule has 0 saturated carbocycles. The topological polar surface area (TPSA) is 149 Å². The summed E-state index contributed by atoms with van der Waals surface area (Å²) in [5.74, 6) is 5.76. The van der Waals surface area contributed by atoms with Gasteiger partial charge in [-0.2, -0.15) is 0 Å². The van der Waals surface area contributed by atoms with E-state index >= 15 is 0 Å². The zero-order valence-corrected chi connectivity index (χ0v) is 22.1. The van der Waals surface area contributed by atoms with E-state index in [1.807, 2.05) is 37.3 Å². The first-order valence-electron chi connectivity index (χ1n) is 12.6. The second kappa shape index (κ2) is 13.9. The van der Waals surface area contributed by atoms with Gasteiger partial charge in [-0.3, -0.25) is 9.59 Å². The highest BCUT2D eigenvalue weighted by molar-refractivity contribution is 5.83. The van der Waals surface area contributed by atoms with Crippen LogP contribution in [0.15, 0.2) is 61.2 Å². The number of para-hydroxylation sites is 1. The zero-order valence-electron chi connectivity index (χ0n) is 22.1. The molecule has 0 bridgehead atoms. The summed E-state index contributed by atoms with van der Waals surface area (Å²) >= 11 is 0. The minimum Gasteiger partial charge on any atom is -0.397 e. The predicted octanol–water partition coefficient (Wildman–Crippen LogP) is 0.909. The van der Waals surface area contributed by atoms with Crippen molar-refractivity contribution in [2.45, 2.75) is 26.2 Å². The van der Waals surface area contributed by atoms with Crippen LogP contribution in [0.4, 0.5) is 16.2 Å². The molecule has 5 N–H and O–H groups in total. The van der Waals surface area contributed by atoms with E-state index in [2.05, 4.69) is 11.9 Å². The van der Waals surface area contributed by atoms with Gasteiger partial charge in [0.1, 0.15) is 19.0 Å². The first kappa shape index (κ1) is 29.1. The fourth-order valence-corrected chi connectivity index (χ4v) is 4.53. The normalized spacial score (nSPS) is 15.2. The average molecular weight is 537 g/mol. The van der Waals surface area contributed by atoms with Crippen LogP contribution in [-0.2, 0) is 27.5 Å². The van der Waals surface area contributed by atoms with Gasteiger partial charge in [-0.15, -0.1) is 6.58 Å². The highest BCUT2D eigenvalue weighted by Crippen LogP contribution is 2.28. The highest BCUT2D eigenvalue weighted by atomic mass is 16.2. The number of carbonyl (C=O) groups excluding carboxylic acids is 4. The molecule has 1 unspecified atom stereocenters. The van der Waals surface area contributed by atoms with Crippen LogP contribution in [0.3, 0.4) is 0 Å². The summed E-state index contributed by atoms with van der Waals surface area (Å²) in [6.45, 7) is 6.62. The number of hydrogen-bond donors (Lipinski definition) is 3. The molecule has 1 heterocycles. The molecule has 1 aliphatic heterocycles. The molecule has 1 atom stereocenters. The highest BCUT2D eigenvalue weighted by Gasteiger charge is 2.39. The number of benzene rings is 2. The van der Waals surface area contributed by atoms with E-state index in [-0.39, 0.29) is 38.6 Å². The molecular formula is C27H36N8O4. The van der Waals surface area contributed by atoms with E-state index < -0.39 is 12.2 Å². The molecule has 2 aromatic rings. The Bertz CT molecular complexity index is 1160. The Morgan fingerprint density at radius 2 is 1.90 bits per heavy atom. The molecular weight excluding hydrogens is 500 g/mol. The molecule has 12 heteroatoms. The van der Waals surface area contributed by atoms with Crippen LogP contribution in [0.5, 0.6) is 0 Å². The Kier molecular flexibility index (Phi) is 10.4. The minimum atomic E-state index is -0.788. The maximum absolute atomic E-state index is 13.6. The van der Waals surface area contributed by atoms with Gasteiger partial charge in [0, 0.05) is 26.2 Å². The second-order valence-electron chi connectivity index (χ2n) is 8.99. The van der Waals surface area contributed by atoms with Gasteiger partial charge in [0.15, 0.2) is 0 Å². The number of rotatable bonds is 13. The molecule has 0 radical (unpaired) electrons. The smallest absolute Gasteiger partial charge is 0.334 e. The number of nitrogens with one attached hydrogen (secondary N) is 1. The number of likely N-dealkylation sites (N-methyl/N-ethyl adjacent to an activating group) is 1. The van der Waals surface area contributed by atoms with Crippen molar-refractivity contribution in [2.24, 2.45) is 5.84 Å². The number of nitrogen functional groups attached to an aromatic ring is 1. The van der Waals surface area contributed by atoms with Crippen molar-refractivity contribution in [2.75, 3.05) is 43.5 Å². The van der Waals surface area contributed by atoms with E-state index in [9.17, 15) is 19.2 Å². The lowest BCUT2D eigenvalue weighted by atomic mass is 10.1. The molecule has 208 valence electrons. The number of piperazine rings is 1. The molecule has 1 aliphatic rings. The molecule has 3 rings (SSSR count). The quantitative estimate of drug-likeness (QED) is 0.112. The van der Waals surface area contributed by atoms with Crippen LogP contribution in [0, 0.1) is 0 Å². The van der Waals surface area contributed by atoms with E-state index in [0.29, 0.717) is 42.7 Å². The summed E-state index contributed by atoms with van der Waals surface area (Å²) in [5.41, 5.74) is 8.49. The van der Waals surface area contributed by atoms with Gasteiger partial charge in [-0.1, -0.05) is 55.5 Å². The van der Waals surface area contributed by atoms with Gasteiger partial charge in [0.25, 0.3) is 0 Å². The molecule has 1 saturated heterocycles. The number of aldehydes is 1. The van der Waals surface area contributed by atoms with E-state index in [0.717, 1.165) is 5.56 Å². The Balaban J connectivity index is 1.91. The maximum Gasteiger partial charge on any atom is 0.334 e. The van der Waals surface area contributed by atoms with Crippen molar-refractivity contribution in [3.63, 3.8) is 0 Å². The van der Waals surface area contributed by atoms with Crippen molar-refractivity contribution >= 4 is 36.0 Å². The molecule has 2 aromatic carbocycles. The SMILES string of the molecule is C=CCN(CC)N(C(=O)NCc1ccccc1)C1CN(Cc2cccc(N)c2N(N)CC=O)C(=O)CN1C=O. The maximum atomic E-state index is 13.6. The standard InChI is InChI=1S/C27H36N8O4/c1-3-13-33(4-2)35(27(39)30-16-21-9-6-5-7-10-21)24-18-31(25(38)19-32(24)20-37)17-22-11-8-12-23(28)26(22)34(29)14-15-36/h3,5-12,15,20,24H,1,4,13-14,16-19,28-29H2,2H3,(H,30,39). The zero-order chi connectivity index (χ0) is 28.4.